The number of hydrogen-bond acceptors (Lipinski definition) is 4. The second-order valence-corrected chi connectivity index (χ2v) is 5.64. The third-order valence-corrected chi connectivity index (χ3v) is 3.68. The van der Waals surface area contributed by atoms with Crippen molar-refractivity contribution in [2.45, 2.75) is 25.1 Å². The average Bonchev–Trinajstić information content (AvgIpc) is 2.27. The monoisotopic (exact) mass is 255 g/mol. The van der Waals surface area contributed by atoms with Crippen LogP contribution in [0.5, 0.6) is 11.5 Å². The van der Waals surface area contributed by atoms with Gasteiger partial charge in [0.1, 0.15) is 11.5 Å². The smallest absolute Gasteiger partial charge is 0.123 e. The van der Waals surface area contributed by atoms with E-state index in [0.717, 1.165) is 28.6 Å². The molecule has 1 aromatic carbocycles. The molecule has 0 aromatic heterocycles. The first-order valence-corrected chi connectivity index (χ1v) is 6.69. The molecule has 96 valence electrons. The first-order chi connectivity index (χ1) is 7.96. The maximum Gasteiger partial charge on any atom is 0.123 e. The zero-order valence-corrected chi connectivity index (χ0v) is 11.8. The highest BCUT2D eigenvalue weighted by Gasteiger charge is 2.12. The predicted octanol–water partition coefficient (Wildman–Crippen LogP) is 2.67. The lowest BCUT2D eigenvalue weighted by atomic mass is 10.1. The number of thioether (sulfide) groups is 1. The molecule has 0 aliphatic rings. The molecule has 0 spiro atoms. The zero-order valence-electron chi connectivity index (χ0n) is 10.9. The third kappa shape index (κ3) is 4.88. The van der Waals surface area contributed by atoms with Crippen molar-refractivity contribution in [3.63, 3.8) is 0 Å². The second kappa shape index (κ2) is 6.17. The number of methoxy groups -OCH3 is 2. The molecule has 0 atom stereocenters. The fourth-order valence-corrected chi connectivity index (χ4v) is 2.49. The quantitative estimate of drug-likeness (QED) is 0.849. The summed E-state index contributed by atoms with van der Waals surface area (Å²) < 4.78 is 10.5. The molecule has 0 radical (unpaired) electrons. The van der Waals surface area contributed by atoms with Crippen LogP contribution in [0.2, 0.25) is 0 Å². The van der Waals surface area contributed by atoms with Gasteiger partial charge in [-0.15, -0.1) is 0 Å². The fourth-order valence-electron chi connectivity index (χ4n) is 1.42. The molecule has 0 aliphatic heterocycles. The van der Waals surface area contributed by atoms with Crippen LogP contribution >= 0.6 is 11.8 Å². The molecular weight excluding hydrogens is 234 g/mol. The van der Waals surface area contributed by atoms with E-state index in [1.165, 1.54) is 0 Å². The van der Waals surface area contributed by atoms with Gasteiger partial charge in [-0.3, -0.25) is 0 Å². The van der Waals surface area contributed by atoms with Crippen LogP contribution in [-0.2, 0) is 5.75 Å². The van der Waals surface area contributed by atoms with Crippen LogP contribution in [-0.4, -0.2) is 25.5 Å². The molecule has 3 nitrogen and oxygen atoms in total. The molecule has 0 unspecified atom stereocenters. The minimum absolute atomic E-state index is 0.142. The number of benzene rings is 1. The van der Waals surface area contributed by atoms with E-state index in [1.54, 1.807) is 26.0 Å². The molecule has 4 heteroatoms. The standard InChI is InChI=1S/C13H21NO2S/c1-13(2,14)9-17-8-10-7-11(15-3)5-6-12(10)16-4/h5-7H,8-9,14H2,1-4H3. The fraction of sp³-hybridized carbons (Fsp3) is 0.538. The molecule has 17 heavy (non-hydrogen) atoms. The van der Waals surface area contributed by atoms with Crippen molar-refractivity contribution in [3.8, 4) is 11.5 Å². The summed E-state index contributed by atoms with van der Waals surface area (Å²) >= 11 is 1.80. The minimum Gasteiger partial charge on any atom is -0.497 e. The molecule has 0 bridgehead atoms. The van der Waals surface area contributed by atoms with E-state index >= 15 is 0 Å². The summed E-state index contributed by atoms with van der Waals surface area (Å²) in [5.41, 5.74) is 6.95. The van der Waals surface area contributed by atoms with E-state index in [9.17, 15) is 0 Å². The van der Waals surface area contributed by atoms with Crippen molar-refractivity contribution in [3.05, 3.63) is 23.8 Å². The van der Waals surface area contributed by atoms with E-state index in [0.29, 0.717) is 0 Å². The Morgan fingerprint density at radius 2 is 1.94 bits per heavy atom. The number of nitrogens with two attached hydrogens (primary N) is 1. The highest BCUT2D eigenvalue weighted by Crippen LogP contribution is 2.28. The van der Waals surface area contributed by atoms with Crippen LogP contribution in [0.1, 0.15) is 19.4 Å². The highest BCUT2D eigenvalue weighted by molar-refractivity contribution is 7.98. The van der Waals surface area contributed by atoms with Crippen LogP contribution in [0.15, 0.2) is 18.2 Å². The molecule has 0 aliphatic carbocycles. The Labute approximate surface area is 108 Å². The summed E-state index contributed by atoms with van der Waals surface area (Å²) in [7, 11) is 3.35. The second-order valence-electron chi connectivity index (χ2n) is 4.66. The van der Waals surface area contributed by atoms with Gasteiger partial charge < -0.3 is 15.2 Å². The lowest BCUT2D eigenvalue weighted by Crippen LogP contribution is -2.34. The predicted molar refractivity (Wildman–Crippen MR) is 74.0 cm³/mol. The summed E-state index contributed by atoms with van der Waals surface area (Å²) in [5.74, 6) is 3.54. The van der Waals surface area contributed by atoms with E-state index in [-0.39, 0.29) is 5.54 Å². The summed E-state index contributed by atoms with van der Waals surface area (Å²) in [5, 5.41) is 0. The molecule has 0 amide bonds. The van der Waals surface area contributed by atoms with Crippen LogP contribution in [0.4, 0.5) is 0 Å². The van der Waals surface area contributed by atoms with E-state index < -0.39 is 0 Å². The lowest BCUT2D eigenvalue weighted by molar-refractivity contribution is 0.400. The van der Waals surface area contributed by atoms with Gasteiger partial charge in [0, 0.05) is 22.6 Å². The Morgan fingerprint density at radius 1 is 1.24 bits per heavy atom. The maximum absolute atomic E-state index is 5.95. The minimum atomic E-state index is -0.142. The summed E-state index contributed by atoms with van der Waals surface area (Å²) in [4.78, 5) is 0. The number of rotatable bonds is 6. The lowest BCUT2D eigenvalue weighted by Gasteiger charge is -2.18. The van der Waals surface area contributed by atoms with Crippen molar-refractivity contribution >= 4 is 11.8 Å². The Balaban J connectivity index is 2.68. The van der Waals surface area contributed by atoms with Gasteiger partial charge in [0.15, 0.2) is 0 Å². The highest BCUT2D eigenvalue weighted by atomic mass is 32.2. The van der Waals surface area contributed by atoms with E-state index in [2.05, 4.69) is 0 Å². The van der Waals surface area contributed by atoms with Crippen molar-refractivity contribution < 1.29 is 9.47 Å². The summed E-state index contributed by atoms with van der Waals surface area (Å²) in [6.07, 6.45) is 0. The first kappa shape index (κ1) is 14.2. The number of hydrogen-bond donors (Lipinski definition) is 1. The van der Waals surface area contributed by atoms with Crippen molar-refractivity contribution in [1.29, 1.82) is 0 Å². The Kier molecular flexibility index (Phi) is 5.15. The normalized spacial score (nSPS) is 11.4. The maximum atomic E-state index is 5.95. The third-order valence-electron chi connectivity index (χ3n) is 2.22. The van der Waals surface area contributed by atoms with Crippen molar-refractivity contribution in [2.75, 3.05) is 20.0 Å². The van der Waals surface area contributed by atoms with Crippen LogP contribution < -0.4 is 15.2 Å². The van der Waals surface area contributed by atoms with Gasteiger partial charge in [0.05, 0.1) is 14.2 Å². The molecule has 1 aromatic rings. The zero-order chi connectivity index (χ0) is 12.9. The van der Waals surface area contributed by atoms with Gasteiger partial charge in [-0.2, -0.15) is 11.8 Å². The van der Waals surface area contributed by atoms with Gasteiger partial charge in [-0.25, -0.2) is 0 Å². The largest absolute Gasteiger partial charge is 0.497 e. The van der Waals surface area contributed by atoms with Gasteiger partial charge in [-0.1, -0.05) is 0 Å². The van der Waals surface area contributed by atoms with Gasteiger partial charge in [0.25, 0.3) is 0 Å². The van der Waals surface area contributed by atoms with Crippen LogP contribution in [0.3, 0.4) is 0 Å². The Bertz CT molecular complexity index is 361. The van der Waals surface area contributed by atoms with Gasteiger partial charge in [-0.05, 0) is 32.0 Å². The van der Waals surface area contributed by atoms with Crippen LogP contribution in [0, 0.1) is 0 Å². The molecule has 0 fully saturated rings. The van der Waals surface area contributed by atoms with Crippen LogP contribution in [0.25, 0.3) is 0 Å². The molecule has 0 saturated heterocycles. The number of ether oxygens (including phenoxy) is 2. The van der Waals surface area contributed by atoms with Crippen molar-refractivity contribution in [2.24, 2.45) is 5.73 Å². The Morgan fingerprint density at radius 3 is 2.47 bits per heavy atom. The Hall–Kier alpha value is -0.870. The molecule has 1 rings (SSSR count). The van der Waals surface area contributed by atoms with Gasteiger partial charge in [0.2, 0.25) is 0 Å². The molecule has 0 saturated carbocycles. The SMILES string of the molecule is COc1ccc(OC)c(CSCC(C)(C)N)c1. The van der Waals surface area contributed by atoms with E-state index in [4.69, 9.17) is 15.2 Å². The van der Waals surface area contributed by atoms with Crippen molar-refractivity contribution in [1.82, 2.24) is 0 Å². The summed E-state index contributed by atoms with van der Waals surface area (Å²) in [6.45, 7) is 4.06. The van der Waals surface area contributed by atoms with Gasteiger partial charge >= 0.3 is 0 Å². The molecule has 2 N–H and O–H groups in total. The molecular formula is C13H21NO2S. The van der Waals surface area contributed by atoms with E-state index in [1.807, 2.05) is 32.0 Å². The summed E-state index contributed by atoms with van der Waals surface area (Å²) in [6, 6.07) is 5.84. The first-order valence-electron chi connectivity index (χ1n) is 5.54. The average molecular weight is 255 g/mol. The molecule has 0 heterocycles. The topological polar surface area (TPSA) is 44.5 Å².